The minimum absolute atomic E-state index is 0.208. The van der Waals surface area contributed by atoms with Crippen LogP contribution in [0.25, 0.3) is 0 Å². The highest BCUT2D eigenvalue weighted by molar-refractivity contribution is 6.35. The van der Waals surface area contributed by atoms with E-state index in [0.717, 1.165) is 0 Å². The van der Waals surface area contributed by atoms with Gasteiger partial charge in [-0.2, -0.15) is 0 Å². The summed E-state index contributed by atoms with van der Waals surface area (Å²) in [6.45, 7) is 0.208. The van der Waals surface area contributed by atoms with Crippen molar-refractivity contribution in [2.45, 2.75) is 0 Å². The van der Waals surface area contributed by atoms with Crippen LogP contribution in [0.5, 0.6) is 5.75 Å². The van der Waals surface area contributed by atoms with Crippen LogP contribution >= 0.6 is 23.2 Å². The maximum atomic E-state index is 12.7. The van der Waals surface area contributed by atoms with Crippen molar-refractivity contribution in [3.63, 3.8) is 0 Å². The molecule has 112 valence electrons. The molecule has 0 spiro atoms. The van der Waals surface area contributed by atoms with E-state index in [0.29, 0.717) is 32.5 Å². The van der Waals surface area contributed by atoms with Gasteiger partial charge < -0.3 is 10.5 Å². The first kappa shape index (κ1) is 16.4. The molecule has 0 bridgehead atoms. The lowest BCUT2D eigenvalue weighted by Crippen LogP contribution is -2.05. The molecule has 22 heavy (non-hydrogen) atoms. The second-order valence-corrected chi connectivity index (χ2v) is 5.21. The molecule has 0 aliphatic heterocycles. The largest absolute Gasteiger partial charge is 0.497 e. The summed E-state index contributed by atoms with van der Waals surface area (Å²) < 4.78 is 5.08. The first-order valence-corrected chi connectivity index (χ1v) is 7.19. The molecule has 0 heterocycles. The fourth-order valence-corrected chi connectivity index (χ4v) is 2.34. The molecule has 0 unspecified atom stereocenters. The first-order valence-electron chi connectivity index (χ1n) is 6.43. The number of nitrogens with two attached hydrogens (primary N) is 1. The number of carbonyl (C=O) groups excluding carboxylic acids is 1. The molecule has 0 aliphatic carbocycles. The fraction of sp³-hybridized carbons (Fsp3) is 0.118. The molecule has 0 radical (unpaired) electrons. The number of hydrogen-bond acceptors (Lipinski definition) is 3. The van der Waals surface area contributed by atoms with Crippen LogP contribution in [0.1, 0.15) is 21.5 Å². The molecule has 0 atom stereocenters. The molecule has 0 aliphatic rings. The number of hydrogen-bond donors (Lipinski definition) is 1. The maximum absolute atomic E-state index is 12.7. The Kier molecular flexibility index (Phi) is 5.46. The summed E-state index contributed by atoms with van der Waals surface area (Å²) >= 11 is 12.2. The van der Waals surface area contributed by atoms with E-state index in [4.69, 9.17) is 33.7 Å². The van der Waals surface area contributed by atoms with Gasteiger partial charge in [0.15, 0.2) is 5.78 Å². The highest BCUT2D eigenvalue weighted by atomic mass is 35.5. The van der Waals surface area contributed by atoms with Crippen molar-refractivity contribution in [2.24, 2.45) is 5.73 Å². The van der Waals surface area contributed by atoms with Gasteiger partial charge in [0, 0.05) is 21.7 Å². The van der Waals surface area contributed by atoms with Crippen LogP contribution in [0.15, 0.2) is 36.4 Å². The molecule has 0 amide bonds. The monoisotopic (exact) mass is 333 g/mol. The van der Waals surface area contributed by atoms with Crippen LogP contribution in [-0.4, -0.2) is 19.4 Å². The summed E-state index contributed by atoms with van der Waals surface area (Å²) in [6.07, 6.45) is 0. The van der Waals surface area contributed by atoms with Gasteiger partial charge in [-0.3, -0.25) is 4.79 Å². The Morgan fingerprint density at radius 3 is 2.59 bits per heavy atom. The molecule has 0 saturated carbocycles. The normalized spacial score (nSPS) is 9.82. The smallest absolute Gasteiger partial charge is 0.195 e. The second-order valence-electron chi connectivity index (χ2n) is 4.37. The molecule has 0 saturated heterocycles. The Balaban J connectivity index is 2.51. The number of carbonyl (C=O) groups is 1. The highest BCUT2D eigenvalue weighted by Gasteiger charge is 2.17. The van der Waals surface area contributed by atoms with Gasteiger partial charge in [-0.15, -0.1) is 0 Å². The molecular weight excluding hydrogens is 321 g/mol. The van der Waals surface area contributed by atoms with E-state index in [9.17, 15) is 4.79 Å². The van der Waals surface area contributed by atoms with E-state index in [1.54, 1.807) is 36.4 Å². The van der Waals surface area contributed by atoms with E-state index < -0.39 is 0 Å². The molecule has 5 heteroatoms. The second kappa shape index (κ2) is 7.33. The first-order chi connectivity index (χ1) is 10.6. The Labute approximate surface area is 139 Å². The lowest BCUT2D eigenvalue weighted by molar-refractivity contribution is 0.103. The SMILES string of the molecule is COc1ccc(C(=O)c2cc(Cl)ccc2C#CCN)c(Cl)c1. The summed E-state index contributed by atoms with van der Waals surface area (Å²) in [5, 5.41) is 0.758. The van der Waals surface area contributed by atoms with Gasteiger partial charge in [0.05, 0.1) is 18.7 Å². The fourth-order valence-electron chi connectivity index (χ4n) is 1.91. The lowest BCUT2D eigenvalue weighted by atomic mass is 9.98. The van der Waals surface area contributed by atoms with E-state index in [1.165, 1.54) is 7.11 Å². The van der Waals surface area contributed by atoms with Crippen LogP contribution in [0.4, 0.5) is 0 Å². The van der Waals surface area contributed by atoms with Gasteiger partial charge in [0.1, 0.15) is 5.75 Å². The van der Waals surface area contributed by atoms with Crippen molar-refractivity contribution in [1.29, 1.82) is 0 Å². The van der Waals surface area contributed by atoms with Crippen LogP contribution in [0, 0.1) is 11.8 Å². The van der Waals surface area contributed by atoms with Crippen LogP contribution in [0.2, 0.25) is 10.0 Å². The molecule has 0 aromatic heterocycles. The number of benzene rings is 2. The molecule has 3 nitrogen and oxygen atoms in total. The van der Waals surface area contributed by atoms with Gasteiger partial charge in [0.2, 0.25) is 0 Å². The molecular formula is C17H13Cl2NO2. The van der Waals surface area contributed by atoms with E-state index in [1.807, 2.05) is 0 Å². The number of ketones is 1. The van der Waals surface area contributed by atoms with E-state index in [2.05, 4.69) is 11.8 Å². The highest BCUT2D eigenvalue weighted by Crippen LogP contribution is 2.26. The maximum Gasteiger partial charge on any atom is 0.195 e. The Morgan fingerprint density at radius 1 is 1.18 bits per heavy atom. The van der Waals surface area contributed by atoms with E-state index >= 15 is 0 Å². The molecule has 2 N–H and O–H groups in total. The number of rotatable bonds is 3. The minimum Gasteiger partial charge on any atom is -0.497 e. The van der Waals surface area contributed by atoms with Gasteiger partial charge in [-0.25, -0.2) is 0 Å². The Morgan fingerprint density at radius 2 is 1.95 bits per heavy atom. The number of halogens is 2. The van der Waals surface area contributed by atoms with Crippen molar-refractivity contribution in [3.8, 4) is 17.6 Å². The van der Waals surface area contributed by atoms with Crippen LogP contribution in [0.3, 0.4) is 0 Å². The van der Waals surface area contributed by atoms with Crippen LogP contribution < -0.4 is 10.5 Å². The number of methoxy groups -OCH3 is 1. The predicted octanol–water partition coefficient (Wildman–Crippen LogP) is 3.54. The minimum atomic E-state index is -0.253. The van der Waals surface area contributed by atoms with Crippen molar-refractivity contribution < 1.29 is 9.53 Å². The van der Waals surface area contributed by atoms with Crippen molar-refractivity contribution in [1.82, 2.24) is 0 Å². The topological polar surface area (TPSA) is 52.3 Å². The van der Waals surface area contributed by atoms with Gasteiger partial charge in [0.25, 0.3) is 0 Å². The standard InChI is InChI=1S/C17H13Cl2NO2/c1-22-13-6-7-14(16(19)10-13)17(21)15-9-12(18)5-4-11(15)3-2-8-20/h4-7,9-10H,8,20H2,1H3. The third kappa shape index (κ3) is 3.61. The van der Waals surface area contributed by atoms with Gasteiger partial charge in [-0.05, 0) is 36.4 Å². The zero-order chi connectivity index (χ0) is 16.1. The Bertz CT molecular complexity index is 776. The predicted molar refractivity (Wildman–Crippen MR) is 88.8 cm³/mol. The van der Waals surface area contributed by atoms with Crippen molar-refractivity contribution >= 4 is 29.0 Å². The zero-order valence-electron chi connectivity index (χ0n) is 11.8. The summed E-state index contributed by atoms with van der Waals surface area (Å²) in [4.78, 5) is 12.7. The van der Waals surface area contributed by atoms with E-state index in [-0.39, 0.29) is 12.3 Å². The van der Waals surface area contributed by atoms with Crippen molar-refractivity contribution in [3.05, 3.63) is 63.1 Å². The third-order valence-electron chi connectivity index (χ3n) is 2.97. The average molecular weight is 334 g/mol. The summed E-state index contributed by atoms with van der Waals surface area (Å²) in [5.74, 6) is 5.93. The lowest BCUT2D eigenvalue weighted by Gasteiger charge is -2.08. The molecule has 2 aromatic rings. The summed E-state index contributed by atoms with van der Waals surface area (Å²) in [6, 6.07) is 9.82. The Hall–Kier alpha value is -1.99. The van der Waals surface area contributed by atoms with Gasteiger partial charge in [-0.1, -0.05) is 35.0 Å². The molecule has 2 aromatic carbocycles. The molecule has 0 fully saturated rings. The summed E-state index contributed by atoms with van der Waals surface area (Å²) in [5.41, 5.74) is 6.69. The average Bonchev–Trinajstić information content (AvgIpc) is 2.52. The molecule has 2 rings (SSSR count). The summed E-state index contributed by atoms with van der Waals surface area (Å²) in [7, 11) is 1.53. The number of ether oxygens (including phenoxy) is 1. The third-order valence-corrected chi connectivity index (χ3v) is 3.52. The van der Waals surface area contributed by atoms with Crippen LogP contribution in [-0.2, 0) is 0 Å². The zero-order valence-corrected chi connectivity index (χ0v) is 13.3. The quantitative estimate of drug-likeness (QED) is 0.690. The van der Waals surface area contributed by atoms with Crippen molar-refractivity contribution in [2.75, 3.05) is 13.7 Å². The van der Waals surface area contributed by atoms with Gasteiger partial charge >= 0.3 is 0 Å².